The van der Waals surface area contributed by atoms with Gasteiger partial charge in [0.1, 0.15) is 0 Å². The van der Waals surface area contributed by atoms with Gasteiger partial charge in [0, 0.05) is 16.9 Å². The molecule has 0 radical (unpaired) electrons. The number of hydrogen-bond donors (Lipinski definition) is 0. The quantitative estimate of drug-likeness (QED) is 0.329. The lowest BCUT2D eigenvalue weighted by Crippen LogP contribution is -1.95. The van der Waals surface area contributed by atoms with E-state index in [9.17, 15) is 4.79 Å². The average Bonchev–Trinajstić information content (AvgIpc) is 2.29. The predicted octanol–water partition coefficient (Wildman–Crippen LogP) is 2.83. The fourth-order valence-corrected chi connectivity index (χ4v) is 1.25. The largest absolute Gasteiger partial charge is 0.293 e. The SMILES string of the molecule is CC#Cc1ccc(CCC(=O)N=[N+]=[N-])cc1. The molecular weight excluding hydrogens is 202 g/mol. The summed E-state index contributed by atoms with van der Waals surface area (Å²) in [5.41, 5.74) is 10.0. The van der Waals surface area contributed by atoms with Gasteiger partial charge in [-0.25, -0.2) is 0 Å². The van der Waals surface area contributed by atoms with E-state index in [0.29, 0.717) is 6.42 Å². The zero-order valence-electron chi connectivity index (χ0n) is 8.97. The molecule has 0 aliphatic rings. The highest BCUT2D eigenvalue weighted by atomic mass is 16.1. The van der Waals surface area contributed by atoms with Crippen LogP contribution in [0.1, 0.15) is 24.5 Å². The van der Waals surface area contributed by atoms with Crippen molar-refractivity contribution < 1.29 is 4.79 Å². The first-order valence-electron chi connectivity index (χ1n) is 4.86. The van der Waals surface area contributed by atoms with E-state index < -0.39 is 5.91 Å². The van der Waals surface area contributed by atoms with Crippen LogP contribution in [-0.4, -0.2) is 5.91 Å². The fourth-order valence-electron chi connectivity index (χ4n) is 1.25. The van der Waals surface area contributed by atoms with E-state index >= 15 is 0 Å². The maximum atomic E-state index is 10.9. The lowest BCUT2D eigenvalue weighted by atomic mass is 10.1. The van der Waals surface area contributed by atoms with Crippen LogP contribution in [0.4, 0.5) is 0 Å². The molecule has 16 heavy (non-hydrogen) atoms. The Morgan fingerprint density at radius 1 is 1.44 bits per heavy atom. The van der Waals surface area contributed by atoms with Crippen molar-refractivity contribution >= 4 is 5.91 Å². The summed E-state index contributed by atoms with van der Waals surface area (Å²) < 4.78 is 0. The molecule has 1 rings (SSSR count). The molecule has 0 saturated heterocycles. The molecule has 0 aromatic heterocycles. The van der Waals surface area contributed by atoms with Crippen LogP contribution in [0, 0.1) is 11.8 Å². The van der Waals surface area contributed by atoms with Gasteiger partial charge < -0.3 is 0 Å². The van der Waals surface area contributed by atoms with Crippen LogP contribution in [0.2, 0.25) is 0 Å². The van der Waals surface area contributed by atoms with Crippen molar-refractivity contribution in [3.05, 3.63) is 45.8 Å². The molecule has 0 fully saturated rings. The Morgan fingerprint density at radius 3 is 2.69 bits per heavy atom. The lowest BCUT2D eigenvalue weighted by molar-refractivity contribution is -0.117. The van der Waals surface area contributed by atoms with E-state index in [2.05, 4.69) is 21.9 Å². The van der Waals surface area contributed by atoms with Crippen LogP contribution in [0.15, 0.2) is 29.4 Å². The number of benzene rings is 1. The summed E-state index contributed by atoms with van der Waals surface area (Å²) in [5, 5.41) is 3.01. The number of hydrogen-bond acceptors (Lipinski definition) is 1. The van der Waals surface area contributed by atoms with Gasteiger partial charge in [0.05, 0.1) is 0 Å². The summed E-state index contributed by atoms with van der Waals surface area (Å²) in [6, 6.07) is 7.65. The third-order valence-corrected chi connectivity index (χ3v) is 2.01. The number of amides is 1. The highest BCUT2D eigenvalue weighted by Crippen LogP contribution is 2.06. The Morgan fingerprint density at radius 2 is 2.12 bits per heavy atom. The topological polar surface area (TPSA) is 65.8 Å². The molecule has 1 aromatic rings. The number of nitrogens with zero attached hydrogens (tertiary/aromatic N) is 3. The third-order valence-electron chi connectivity index (χ3n) is 2.01. The number of carbonyl (C=O) groups is 1. The van der Waals surface area contributed by atoms with Crippen molar-refractivity contribution in [2.75, 3.05) is 0 Å². The molecule has 0 bridgehead atoms. The van der Waals surface area contributed by atoms with Crippen LogP contribution in [0.3, 0.4) is 0 Å². The molecule has 0 spiro atoms. The summed E-state index contributed by atoms with van der Waals surface area (Å²) in [6.45, 7) is 1.78. The molecule has 0 unspecified atom stereocenters. The smallest absolute Gasteiger partial charge is 0.219 e. The number of azide groups is 1. The number of aryl methyl sites for hydroxylation is 1. The van der Waals surface area contributed by atoms with Crippen molar-refractivity contribution in [3.63, 3.8) is 0 Å². The third kappa shape index (κ3) is 3.87. The van der Waals surface area contributed by atoms with Gasteiger partial charge in [-0.2, -0.15) is 0 Å². The Hall–Kier alpha value is -2.24. The van der Waals surface area contributed by atoms with Gasteiger partial charge in [-0.15, -0.1) is 5.92 Å². The van der Waals surface area contributed by atoms with Gasteiger partial charge in [0.25, 0.3) is 0 Å². The maximum Gasteiger partial charge on any atom is 0.219 e. The Bertz CT molecular complexity index is 473. The van der Waals surface area contributed by atoms with Crippen LogP contribution < -0.4 is 0 Å². The summed E-state index contributed by atoms with van der Waals surface area (Å²) in [7, 11) is 0. The number of rotatable bonds is 3. The zero-order chi connectivity index (χ0) is 11.8. The molecule has 0 aliphatic carbocycles. The van der Waals surface area contributed by atoms with Gasteiger partial charge in [-0.05, 0) is 41.7 Å². The second-order valence-electron chi connectivity index (χ2n) is 3.16. The van der Waals surface area contributed by atoms with Gasteiger partial charge >= 0.3 is 0 Å². The van der Waals surface area contributed by atoms with E-state index in [1.54, 1.807) is 6.92 Å². The molecule has 4 heteroatoms. The highest BCUT2D eigenvalue weighted by Gasteiger charge is 1.99. The minimum absolute atomic E-state index is 0.239. The van der Waals surface area contributed by atoms with E-state index in [1.807, 2.05) is 24.3 Å². The van der Waals surface area contributed by atoms with E-state index in [4.69, 9.17) is 5.53 Å². The highest BCUT2D eigenvalue weighted by molar-refractivity contribution is 5.76. The van der Waals surface area contributed by atoms with E-state index in [0.717, 1.165) is 11.1 Å². The fraction of sp³-hybridized carbons (Fsp3) is 0.250. The minimum atomic E-state index is -0.431. The van der Waals surface area contributed by atoms with Crippen LogP contribution in [-0.2, 0) is 11.2 Å². The van der Waals surface area contributed by atoms with Crippen molar-refractivity contribution in [3.8, 4) is 11.8 Å². The first-order chi connectivity index (χ1) is 7.76. The first kappa shape index (κ1) is 11.8. The maximum absolute atomic E-state index is 10.9. The Kier molecular flexibility index (Phi) is 4.65. The molecule has 80 valence electrons. The lowest BCUT2D eigenvalue weighted by Gasteiger charge is -1.98. The van der Waals surface area contributed by atoms with E-state index in [-0.39, 0.29) is 6.42 Å². The molecule has 0 N–H and O–H groups in total. The standard InChI is InChI=1S/C12H11N3O/c1-2-3-10-4-6-11(7-5-10)8-9-12(16)14-15-13/h4-7H,8-9H2,1H3. The van der Waals surface area contributed by atoms with Gasteiger partial charge in [0.15, 0.2) is 0 Å². The molecule has 1 amide bonds. The van der Waals surface area contributed by atoms with E-state index in [1.165, 1.54) is 0 Å². The molecule has 0 saturated carbocycles. The summed E-state index contributed by atoms with van der Waals surface area (Å²) in [6.07, 6.45) is 0.820. The second kappa shape index (κ2) is 6.28. The Labute approximate surface area is 93.9 Å². The molecule has 4 nitrogen and oxygen atoms in total. The van der Waals surface area contributed by atoms with Crippen molar-refractivity contribution in [2.45, 2.75) is 19.8 Å². The van der Waals surface area contributed by atoms with Crippen molar-refractivity contribution in [1.29, 1.82) is 0 Å². The average molecular weight is 213 g/mol. The summed E-state index contributed by atoms with van der Waals surface area (Å²) >= 11 is 0. The first-order valence-corrected chi connectivity index (χ1v) is 4.86. The number of carbonyl (C=O) groups excluding carboxylic acids is 1. The van der Waals surface area contributed by atoms with Crippen LogP contribution in [0.5, 0.6) is 0 Å². The van der Waals surface area contributed by atoms with Crippen LogP contribution in [0.25, 0.3) is 10.4 Å². The van der Waals surface area contributed by atoms with Gasteiger partial charge in [-0.1, -0.05) is 18.1 Å². The second-order valence-corrected chi connectivity index (χ2v) is 3.16. The summed E-state index contributed by atoms with van der Waals surface area (Å²) in [4.78, 5) is 13.4. The molecule has 0 aliphatic heterocycles. The normalized spacial score (nSPS) is 8.56. The minimum Gasteiger partial charge on any atom is -0.293 e. The molecular formula is C12H11N3O. The van der Waals surface area contributed by atoms with Crippen LogP contribution >= 0.6 is 0 Å². The molecule has 0 heterocycles. The zero-order valence-corrected chi connectivity index (χ0v) is 8.97. The molecule has 0 atom stereocenters. The van der Waals surface area contributed by atoms with Gasteiger partial charge in [-0.3, -0.25) is 4.79 Å². The predicted molar refractivity (Wildman–Crippen MR) is 61.5 cm³/mol. The molecule has 1 aromatic carbocycles. The van der Waals surface area contributed by atoms with Crippen molar-refractivity contribution in [2.24, 2.45) is 5.11 Å². The van der Waals surface area contributed by atoms with Gasteiger partial charge in [0.2, 0.25) is 5.91 Å². The monoisotopic (exact) mass is 213 g/mol. The van der Waals surface area contributed by atoms with Crippen molar-refractivity contribution in [1.82, 2.24) is 0 Å². The summed E-state index contributed by atoms with van der Waals surface area (Å²) in [5.74, 6) is 5.32. The Balaban J connectivity index is 2.57.